The van der Waals surface area contributed by atoms with Crippen LogP contribution >= 0.6 is 23.2 Å². The molecule has 4 amide bonds. The standard InChI is InChI=1S/C36H34Cl2N2O5/c1-2-44-31-16-22(15-30(38)32(31)45-20-21-3-7-27(37)8-4-21)14-29-33(41)39-35(43)40(34(29)42)28-9-5-26(6-10-28)36-17-23-11-24(18-36)13-25(12-23)19-36/h3-10,14-16,23-25H,2,11-13,17-20H2,1H3,(H,39,41,43)/b29-14+. The van der Waals surface area contributed by atoms with Crippen LogP contribution in [-0.4, -0.2) is 24.5 Å². The summed E-state index contributed by atoms with van der Waals surface area (Å²) in [6, 6.07) is 17.5. The molecule has 0 spiro atoms. The molecule has 1 aliphatic heterocycles. The SMILES string of the molecule is CCOc1cc(/C=C2\C(=O)NC(=O)N(c3ccc(C45CC6CC(CC(C6)C4)C5)cc3)C2=O)cc(Cl)c1OCc1ccc(Cl)cc1. The van der Waals surface area contributed by atoms with E-state index in [2.05, 4.69) is 17.4 Å². The molecule has 9 heteroatoms. The number of hydrogen-bond donors (Lipinski definition) is 1. The molecule has 4 bridgehead atoms. The summed E-state index contributed by atoms with van der Waals surface area (Å²) in [5, 5.41) is 3.19. The van der Waals surface area contributed by atoms with Gasteiger partial charge in [0.1, 0.15) is 12.2 Å². The van der Waals surface area contributed by atoms with E-state index in [4.69, 9.17) is 32.7 Å². The van der Waals surface area contributed by atoms with Crippen molar-refractivity contribution in [1.82, 2.24) is 5.32 Å². The van der Waals surface area contributed by atoms with Crippen molar-refractivity contribution in [2.24, 2.45) is 17.8 Å². The number of carbonyl (C=O) groups excluding carboxylic acids is 3. The van der Waals surface area contributed by atoms with Crippen molar-refractivity contribution in [3.8, 4) is 11.5 Å². The lowest BCUT2D eigenvalue weighted by Gasteiger charge is -2.57. The molecule has 1 saturated heterocycles. The van der Waals surface area contributed by atoms with E-state index in [0.29, 0.717) is 34.4 Å². The summed E-state index contributed by atoms with van der Waals surface area (Å²) >= 11 is 12.6. The topological polar surface area (TPSA) is 84.9 Å². The molecule has 0 atom stereocenters. The number of halogens is 2. The van der Waals surface area contributed by atoms with Crippen LogP contribution in [0.2, 0.25) is 10.0 Å². The quantitative estimate of drug-likeness (QED) is 0.198. The molecule has 1 N–H and O–H groups in total. The molecule has 4 saturated carbocycles. The third-order valence-electron chi connectivity index (χ3n) is 9.82. The van der Waals surface area contributed by atoms with Gasteiger partial charge in [0.2, 0.25) is 0 Å². The Bertz CT molecular complexity index is 1660. The second-order valence-electron chi connectivity index (χ2n) is 12.9. The molecule has 5 fully saturated rings. The molecule has 3 aromatic rings. The normalized spacial score (nSPS) is 26.4. The van der Waals surface area contributed by atoms with Crippen molar-refractivity contribution in [3.05, 3.63) is 93.0 Å². The van der Waals surface area contributed by atoms with Gasteiger partial charge in [0, 0.05) is 5.02 Å². The highest BCUT2D eigenvalue weighted by atomic mass is 35.5. The number of nitrogens with zero attached hydrogens (tertiary/aromatic N) is 1. The molecule has 4 aliphatic carbocycles. The fourth-order valence-electron chi connectivity index (χ4n) is 8.30. The smallest absolute Gasteiger partial charge is 0.335 e. The molecule has 3 aromatic carbocycles. The van der Waals surface area contributed by atoms with Crippen LogP contribution in [0, 0.1) is 17.8 Å². The van der Waals surface area contributed by atoms with Gasteiger partial charge < -0.3 is 9.47 Å². The average molecular weight is 646 g/mol. The number of rotatable bonds is 8. The summed E-state index contributed by atoms with van der Waals surface area (Å²) in [4.78, 5) is 40.6. The zero-order valence-corrected chi connectivity index (χ0v) is 26.5. The monoisotopic (exact) mass is 644 g/mol. The van der Waals surface area contributed by atoms with E-state index in [1.165, 1.54) is 50.2 Å². The van der Waals surface area contributed by atoms with Gasteiger partial charge in [-0.05, 0) is 128 Å². The molecular weight excluding hydrogens is 611 g/mol. The largest absolute Gasteiger partial charge is 0.490 e. The fourth-order valence-corrected chi connectivity index (χ4v) is 8.70. The van der Waals surface area contributed by atoms with Gasteiger partial charge in [-0.15, -0.1) is 0 Å². The van der Waals surface area contributed by atoms with Gasteiger partial charge in [-0.25, -0.2) is 9.69 Å². The molecule has 0 unspecified atom stereocenters. The van der Waals surface area contributed by atoms with Crippen molar-refractivity contribution in [2.75, 3.05) is 11.5 Å². The summed E-state index contributed by atoms with van der Waals surface area (Å²) in [6.45, 7) is 2.41. The highest BCUT2D eigenvalue weighted by Gasteiger charge is 2.51. The van der Waals surface area contributed by atoms with Crippen LogP contribution in [0.4, 0.5) is 10.5 Å². The molecule has 1 heterocycles. The van der Waals surface area contributed by atoms with Gasteiger partial charge >= 0.3 is 6.03 Å². The Labute approximate surface area is 272 Å². The number of amides is 4. The summed E-state index contributed by atoms with van der Waals surface area (Å²) in [7, 11) is 0. The number of urea groups is 1. The molecular formula is C36H34Cl2N2O5. The highest BCUT2D eigenvalue weighted by molar-refractivity contribution is 6.39. The number of benzene rings is 3. The Morgan fingerprint density at radius 3 is 2.16 bits per heavy atom. The van der Waals surface area contributed by atoms with Crippen LogP contribution in [0.1, 0.15) is 62.1 Å². The number of hydrogen-bond acceptors (Lipinski definition) is 5. The Hall–Kier alpha value is -3.81. The fraction of sp³-hybridized carbons (Fsp3) is 0.361. The van der Waals surface area contributed by atoms with Crippen LogP contribution in [-0.2, 0) is 21.6 Å². The van der Waals surface area contributed by atoms with Crippen LogP contribution in [0.5, 0.6) is 11.5 Å². The lowest BCUT2D eigenvalue weighted by atomic mass is 9.48. The van der Waals surface area contributed by atoms with Crippen molar-refractivity contribution < 1.29 is 23.9 Å². The number of barbiturate groups is 1. The van der Waals surface area contributed by atoms with Gasteiger partial charge in [-0.1, -0.05) is 47.5 Å². The Morgan fingerprint density at radius 1 is 0.889 bits per heavy atom. The minimum atomic E-state index is -0.774. The minimum Gasteiger partial charge on any atom is -0.490 e. The minimum absolute atomic E-state index is 0.187. The van der Waals surface area contributed by atoms with Gasteiger partial charge in [0.15, 0.2) is 11.5 Å². The van der Waals surface area contributed by atoms with Gasteiger partial charge in [0.05, 0.1) is 17.3 Å². The summed E-state index contributed by atoms with van der Waals surface area (Å²) in [5.41, 5.74) is 3.07. The number of carbonyl (C=O) groups is 3. The van der Waals surface area contributed by atoms with E-state index in [1.54, 1.807) is 24.3 Å². The number of imide groups is 2. The highest BCUT2D eigenvalue weighted by Crippen LogP contribution is 2.60. The van der Waals surface area contributed by atoms with Gasteiger partial charge in [-0.2, -0.15) is 0 Å². The maximum Gasteiger partial charge on any atom is 0.335 e. The molecule has 7 nitrogen and oxygen atoms in total. The third kappa shape index (κ3) is 5.72. The van der Waals surface area contributed by atoms with Crippen molar-refractivity contribution >= 4 is 52.8 Å². The maximum absolute atomic E-state index is 13.7. The second kappa shape index (κ2) is 11.8. The van der Waals surface area contributed by atoms with Crippen molar-refractivity contribution in [2.45, 2.75) is 57.5 Å². The van der Waals surface area contributed by atoms with E-state index in [1.807, 2.05) is 31.2 Å². The van der Waals surface area contributed by atoms with E-state index in [0.717, 1.165) is 28.2 Å². The molecule has 45 heavy (non-hydrogen) atoms. The van der Waals surface area contributed by atoms with Crippen LogP contribution in [0.3, 0.4) is 0 Å². The van der Waals surface area contributed by atoms with E-state index >= 15 is 0 Å². The summed E-state index contributed by atoms with van der Waals surface area (Å²) in [6.07, 6.45) is 9.16. The van der Waals surface area contributed by atoms with Gasteiger partial charge in [0.25, 0.3) is 11.8 Å². The molecule has 8 rings (SSSR count). The molecule has 5 aliphatic rings. The second-order valence-corrected chi connectivity index (χ2v) is 13.7. The van der Waals surface area contributed by atoms with Gasteiger partial charge in [-0.3, -0.25) is 14.9 Å². The Balaban J connectivity index is 1.14. The van der Waals surface area contributed by atoms with Crippen molar-refractivity contribution in [3.63, 3.8) is 0 Å². The first-order valence-corrected chi connectivity index (χ1v) is 16.3. The van der Waals surface area contributed by atoms with Crippen LogP contribution in [0.25, 0.3) is 6.08 Å². The predicted molar refractivity (Wildman–Crippen MR) is 174 cm³/mol. The Kier molecular flexibility index (Phi) is 7.86. The number of nitrogens with one attached hydrogen (secondary N) is 1. The predicted octanol–water partition coefficient (Wildman–Crippen LogP) is 8.11. The van der Waals surface area contributed by atoms with E-state index in [9.17, 15) is 14.4 Å². The third-order valence-corrected chi connectivity index (χ3v) is 10.3. The van der Waals surface area contributed by atoms with E-state index in [-0.39, 0.29) is 22.6 Å². The summed E-state index contributed by atoms with van der Waals surface area (Å²) in [5.74, 6) is 1.65. The first-order valence-electron chi connectivity index (χ1n) is 15.6. The van der Waals surface area contributed by atoms with Crippen LogP contribution < -0.4 is 19.7 Å². The lowest BCUT2D eigenvalue weighted by Crippen LogP contribution is -2.54. The maximum atomic E-state index is 13.7. The summed E-state index contributed by atoms with van der Waals surface area (Å²) < 4.78 is 11.8. The molecule has 0 radical (unpaired) electrons. The number of ether oxygens (including phenoxy) is 2. The molecule has 0 aromatic heterocycles. The Morgan fingerprint density at radius 2 is 1.53 bits per heavy atom. The number of anilines is 1. The van der Waals surface area contributed by atoms with E-state index < -0.39 is 17.8 Å². The van der Waals surface area contributed by atoms with Crippen LogP contribution in [0.15, 0.2) is 66.2 Å². The zero-order chi connectivity index (χ0) is 31.3. The lowest BCUT2D eigenvalue weighted by molar-refractivity contribution is -0.122. The first-order chi connectivity index (χ1) is 21.7. The van der Waals surface area contributed by atoms with Crippen molar-refractivity contribution in [1.29, 1.82) is 0 Å². The zero-order valence-electron chi connectivity index (χ0n) is 25.0. The molecule has 232 valence electrons. The average Bonchev–Trinajstić information content (AvgIpc) is 2.99. The first kappa shape index (κ1) is 29.9.